The first kappa shape index (κ1) is 15.5. The number of nitrogens with zero attached hydrogens (tertiary/aromatic N) is 1. The summed E-state index contributed by atoms with van der Waals surface area (Å²) in [5, 5.41) is 8.91. The van der Waals surface area contributed by atoms with E-state index < -0.39 is 21.7 Å². The zero-order valence-electron chi connectivity index (χ0n) is 10.0. The molecule has 0 unspecified atom stereocenters. The van der Waals surface area contributed by atoms with Gasteiger partial charge in [0.05, 0.1) is 17.9 Å². The fourth-order valence-corrected chi connectivity index (χ4v) is 2.60. The third-order valence-corrected chi connectivity index (χ3v) is 3.62. The molecule has 0 heterocycles. The summed E-state index contributed by atoms with van der Waals surface area (Å²) in [6.45, 7) is 1.69. The molecule has 1 rings (SSSR count). The maximum absolute atomic E-state index is 11.7. The van der Waals surface area contributed by atoms with Gasteiger partial charge in [-0.25, -0.2) is 8.42 Å². The number of benzene rings is 1. The monoisotopic (exact) mass is 346 g/mol. The number of nitrogens with one attached hydrogen (secondary N) is 1. The molecule has 0 saturated carbocycles. The molecule has 1 aromatic rings. The van der Waals surface area contributed by atoms with Gasteiger partial charge in [-0.2, -0.15) is 5.26 Å². The first-order valence-corrected chi connectivity index (χ1v) is 7.68. The summed E-state index contributed by atoms with van der Waals surface area (Å²) in [5.74, 6) is -1.63. The maximum atomic E-state index is 11.7. The Labute approximate surface area is 119 Å². The first-order chi connectivity index (χ1) is 8.88. The molecule has 0 fully saturated rings. The van der Waals surface area contributed by atoms with Crippen LogP contribution in [0.5, 0.6) is 0 Å². The zero-order valence-corrected chi connectivity index (χ0v) is 12.4. The average Bonchev–Trinajstić information content (AvgIpc) is 2.30. The van der Waals surface area contributed by atoms with E-state index in [0.29, 0.717) is 4.47 Å². The summed E-state index contributed by atoms with van der Waals surface area (Å²) in [5.41, 5.74) is 0.275. The number of hydrogen-bond donors (Lipinski definition) is 1. The van der Waals surface area contributed by atoms with Crippen molar-refractivity contribution in [2.24, 2.45) is 0 Å². The number of carbonyl (C=O) groups excluding carboxylic acids is 1. The first-order valence-electron chi connectivity index (χ1n) is 5.23. The lowest BCUT2D eigenvalue weighted by Crippen LogP contribution is -2.24. The molecule has 0 amide bonds. The summed E-state index contributed by atoms with van der Waals surface area (Å²) in [6, 6.07) is 6.36. The number of anilines is 1. The Morgan fingerprint density at radius 3 is 2.79 bits per heavy atom. The molecule has 0 aliphatic heterocycles. The van der Waals surface area contributed by atoms with Gasteiger partial charge in [0.25, 0.3) is 0 Å². The lowest BCUT2D eigenvalue weighted by atomic mass is 10.2. The molecule has 0 atom stereocenters. The Morgan fingerprint density at radius 1 is 1.53 bits per heavy atom. The van der Waals surface area contributed by atoms with Crippen molar-refractivity contribution in [1.82, 2.24) is 0 Å². The van der Waals surface area contributed by atoms with Crippen LogP contribution in [0.25, 0.3) is 0 Å². The number of hydrogen-bond acceptors (Lipinski definition) is 5. The molecule has 8 heteroatoms. The van der Waals surface area contributed by atoms with Gasteiger partial charge in [-0.05, 0) is 25.1 Å². The largest absolute Gasteiger partial charge is 0.465 e. The molecular formula is C11H11BrN2O4S. The van der Waals surface area contributed by atoms with Gasteiger partial charge >= 0.3 is 5.97 Å². The standard InChI is InChI=1S/C11H11BrN2O4S/c1-2-18-11(15)7-19(16,17)14-10-4-3-9(12)5-8(10)6-13/h3-5,14H,2,7H2,1H3. The van der Waals surface area contributed by atoms with Gasteiger partial charge in [-0.15, -0.1) is 0 Å². The minimum absolute atomic E-state index is 0.107. The van der Waals surface area contributed by atoms with E-state index in [1.54, 1.807) is 13.0 Å². The van der Waals surface area contributed by atoms with Crippen LogP contribution in [0.15, 0.2) is 22.7 Å². The van der Waals surface area contributed by atoms with Crippen molar-refractivity contribution in [2.45, 2.75) is 6.92 Å². The van der Waals surface area contributed by atoms with E-state index in [9.17, 15) is 13.2 Å². The summed E-state index contributed by atoms with van der Waals surface area (Å²) in [4.78, 5) is 11.1. The SMILES string of the molecule is CCOC(=O)CS(=O)(=O)Nc1ccc(Br)cc1C#N. The number of esters is 1. The van der Waals surface area contributed by atoms with Crippen LogP contribution in [0.4, 0.5) is 5.69 Å². The minimum atomic E-state index is -3.89. The van der Waals surface area contributed by atoms with Crippen LogP contribution in [-0.4, -0.2) is 26.7 Å². The highest BCUT2D eigenvalue weighted by Crippen LogP contribution is 2.21. The third kappa shape index (κ3) is 4.89. The Morgan fingerprint density at radius 2 is 2.21 bits per heavy atom. The molecule has 0 bridgehead atoms. The topological polar surface area (TPSA) is 96.3 Å². The van der Waals surface area contributed by atoms with Crippen LogP contribution in [0.2, 0.25) is 0 Å². The number of rotatable bonds is 5. The van der Waals surface area contributed by atoms with Crippen LogP contribution in [0.3, 0.4) is 0 Å². The highest BCUT2D eigenvalue weighted by molar-refractivity contribution is 9.10. The van der Waals surface area contributed by atoms with Crippen molar-refractivity contribution in [3.05, 3.63) is 28.2 Å². The second kappa shape index (κ2) is 6.54. The molecule has 6 nitrogen and oxygen atoms in total. The number of nitriles is 1. The molecule has 19 heavy (non-hydrogen) atoms. The summed E-state index contributed by atoms with van der Waals surface area (Å²) in [7, 11) is -3.89. The van der Waals surface area contributed by atoms with Crippen molar-refractivity contribution in [3.63, 3.8) is 0 Å². The van der Waals surface area contributed by atoms with Gasteiger partial charge in [0.1, 0.15) is 6.07 Å². The van der Waals surface area contributed by atoms with Gasteiger partial charge in [0.2, 0.25) is 10.0 Å². The second-order valence-corrected chi connectivity index (χ2v) is 6.11. The zero-order chi connectivity index (χ0) is 14.5. The lowest BCUT2D eigenvalue weighted by molar-refractivity contribution is -0.139. The molecule has 0 radical (unpaired) electrons. The molecule has 0 aliphatic carbocycles. The van der Waals surface area contributed by atoms with Gasteiger partial charge in [-0.3, -0.25) is 9.52 Å². The number of carbonyl (C=O) groups is 1. The number of halogens is 1. The van der Waals surface area contributed by atoms with Crippen molar-refractivity contribution < 1.29 is 17.9 Å². The van der Waals surface area contributed by atoms with Crippen molar-refractivity contribution in [3.8, 4) is 6.07 Å². The van der Waals surface area contributed by atoms with Crippen molar-refractivity contribution >= 4 is 37.6 Å². The Hall–Kier alpha value is -1.59. The van der Waals surface area contributed by atoms with E-state index in [1.807, 2.05) is 6.07 Å². The fraction of sp³-hybridized carbons (Fsp3) is 0.273. The van der Waals surface area contributed by atoms with Gasteiger partial charge in [0.15, 0.2) is 5.75 Å². The van der Waals surface area contributed by atoms with Gasteiger partial charge < -0.3 is 4.74 Å². The summed E-state index contributed by atoms with van der Waals surface area (Å²) >= 11 is 3.18. The fourth-order valence-electron chi connectivity index (χ4n) is 1.26. The van der Waals surface area contributed by atoms with Crippen molar-refractivity contribution in [2.75, 3.05) is 17.1 Å². The third-order valence-electron chi connectivity index (χ3n) is 1.98. The highest BCUT2D eigenvalue weighted by atomic mass is 79.9. The normalized spacial score (nSPS) is 10.6. The predicted molar refractivity (Wildman–Crippen MR) is 72.9 cm³/mol. The van der Waals surface area contributed by atoms with Crippen LogP contribution < -0.4 is 4.72 Å². The van der Waals surface area contributed by atoms with E-state index in [4.69, 9.17) is 5.26 Å². The quantitative estimate of drug-likeness (QED) is 0.817. The van der Waals surface area contributed by atoms with E-state index >= 15 is 0 Å². The van der Waals surface area contributed by atoms with Crippen molar-refractivity contribution in [1.29, 1.82) is 5.26 Å². The number of sulfonamides is 1. The summed E-state index contributed by atoms with van der Waals surface area (Å²) in [6.07, 6.45) is 0. The van der Waals surface area contributed by atoms with Crippen LogP contribution >= 0.6 is 15.9 Å². The lowest BCUT2D eigenvalue weighted by Gasteiger charge is -2.09. The maximum Gasteiger partial charge on any atom is 0.323 e. The van der Waals surface area contributed by atoms with Crippen LogP contribution in [0.1, 0.15) is 12.5 Å². The molecular weight excluding hydrogens is 336 g/mol. The predicted octanol–water partition coefficient (Wildman–Crippen LogP) is 1.63. The Bertz CT molecular complexity index is 622. The van der Waals surface area contributed by atoms with Crippen LogP contribution in [0, 0.1) is 11.3 Å². The molecule has 1 aromatic carbocycles. The van der Waals surface area contributed by atoms with E-state index in [-0.39, 0.29) is 17.9 Å². The Balaban J connectivity index is 2.90. The molecule has 0 aromatic heterocycles. The van der Waals surface area contributed by atoms with E-state index in [2.05, 4.69) is 25.4 Å². The molecule has 0 spiro atoms. The minimum Gasteiger partial charge on any atom is -0.465 e. The Kier molecular flexibility index (Phi) is 5.32. The number of ether oxygens (including phenoxy) is 1. The highest BCUT2D eigenvalue weighted by Gasteiger charge is 2.18. The van der Waals surface area contributed by atoms with Gasteiger partial charge in [0, 0.05) is 4.47 Å². The molecule has 0 saturated heterocycles. The molecule has 0 aliphatic rings. The van der Waals surface area contributed by atoms with E-state index in [0.717, 1.165) is 0 Å². The van der Waals surface area contributed by atoms with Gasteiger partial charge in [-0.1, -0.05) is 15.9 Å². The van der Waals surface area contributed by atoms with E-state index in [1.165, 1.54) is 12.1 Å². The van der Waals surface area contributed by atoms with Crippen LogP contribution in [-0.2, 0) is 19.6 Å². The average molecular weight is 347 g/mol. The smallest absolute Gasteiger partial charge is 0.323 e. The summed E-state index contributed by atoms with van der Waals surface area (Å²) < 4.78 is 30.8. The molecule has 1 N–H and O–H groups in total. The second-order valence-electron chi connectivity index (χ2n) is 3.47. The molecule has 102 valence electrons.